The van der Waals surface area contributed by atoms with E-state index in [1.54, 1.807) is 49.4 Å². The molecule has 0 radical (unpaired) electrons. The number of methoxy groups -OCH3 is 1. The van der Waals surface area contributed by atoms with Gasteiger partial charge in [0, 0.05) is 12.1 Å². The van der Waals surface area contributed by atoms with Gasteiger partial charge >= 0.3 is 5.97 Å². The van der Waals surface area contributed by atoms with Crippen LogP contribution in [-0.4, -0.2) is 50.8 Å². The van der Waals surface area contributed by atoms with Crippen molar-refractivity contribution >= 4 is 21.7 Å². The number of likely N-dealkylation sites (tertiary alicyclic amines) is 1. The highest BCUT2D eigenvalue weighted by Crippen LogP contribution is 2.32. The SMILES string of the molecule is CC#CCOc1ccc(S(=O)(=O)C2CC(C(=O)OC)CCN2C(=O)c2ccccc2)cc1. The van der Waals surface area contributed by atoms with Gasteiger partial charge in [0.1, 0.15) is 17.7 Å². The molecule has 168 valence electrons. The smallest absolute Gasteiger partial charge is 0.308 e. The maximum atomic E-state index is 13.6. The van der Waals surface area contributed by atoms with E-state index >= 15 is 0 Å². The molecule has 1 saturated heterocycles. The Balaban J connectivity index is 1.92. The van der Waals surface area contributed by atoms with Crippen LogP contribution in [-0.2, 0) is 19.4 Å². The maximum absolute atomic E-state index is 13.6. The molecule has 32 heavy (non-hydrogen) atoms. The molecule has 2 atom stereocenters. The summed E-state index contributed by atoms with van der Waals surface area (Å²) in [4.78, 5) is 26.7. The van der Waals surface area contributed by atoms with Gasteiger partial charge in [0.2, 0.25) is 0 Å². The zero-order chi connectivity index (χ0) is 23.1. The summed E-state index contributed by atoms with van der Waals surface area (Å²) in [6.45, 7) is 2.03. The van der Waals surface area contributed by atoms with Gasteiger partial charge in [-0.3, -0.25) is 9.59 Å². The van der Waals surface area contributed by atoms with Crippen LogP contribution in [0.15, 0.2) is 59.5 Å². The normalized spacial score (nSPS) is 18.2. The number of amides is 1. The number of esters is 1. The van der Waals surface area contributed by atoms with Gasteiger partial charge in [0.15, 0.2) is 9.84 Å². The molecule has 0 aromatic heterocycles. The van der Waals surface area contributed by atoms with Crippen LogP contribution in [0.4, 0.5) is 0 Å². The van der Waals surface area contributed by atoms with E-state index in [0.717, 1.165) is 0 Å². The number of ether oxygens (including phenoxy) is 2. The molecule has 1 aliphatic rings. The Labute approximate surface area is 188 Å². The Hall–Kier alpha value is -3.31. The number of benzene rings is 2. The lowest BCUT2D eigenvalue weighted by molar-refractivity contribution is -0.147. The third-order valence-corrected chi connectivity index (χ3v) is 7.46. The van der Waals surface area contributed by atoms with Gasteiger partial charge in [-0.15, -0.1) is 5.92 Å². The molecule has 0 spiro atoms. The van der Waals surface area contributed by atoms with Crippen molar-refractivity contribution in [1.82, 2.24) is 4.90 Å². The number of carbonyl (C=O) groups excluding carboxylic acids is 2. The van der Waals surface area contributed by atoms with E-state index in [2.05, 4.69) is 11.8 Å². The summed E-state index contributed by atoms with van der Waals surface area (Å²) in [5.74, 6) is 4.51. The van der Waals surface area contributed by atoms with Crippen LogP contribution in [0.5, 0.6) is 5.75 Å². The first kappa shape index (κ1) is 23.4. The van der Waals surface area contributed by atoms with Crippen molar-refractivity contribution in [3.05, 3.63) is 60.2 Å². The van der Waals surface area contributed by atoms with Gasteiger partial charge in [0.05, 0.1) is 17.9 Å². The fraction of sp³-hybridized carbons (Fsp3) is 0.333. The van der Waals surface area contributed by atoms with Crippen LogP contribution in [0.1, 0.15) is 30.1 Å². The van der Waals surface area contributed by atoms with Crippen molar-refractivity contribution in [1.29, 1.82) is 0 Å². The Morgan fingerprint density at radius 1 is 1.09 bits per heavy atom. The summed E-state index contributed by atoms with van der Waals surface area (Å²) in [7, 11) is -2.69. The molecule has 0 N–H and O–H groups in total. The highest BCUT2D eigenvalue weighted by atomic mass is 32.2. The molecule has 1 fully saturated rings. The average Bonchev–Trinajstić information content (AvgIpc) is 2.83. The van der Waals surface area contributed by atoms with E-state index in [1.807, 2.05) is 0 Å². The second-order valence-electron chi connectivity index (χ2n) is 7.30. The zero-order valence-electron chi connectivity index (χ0n) is 18.0. The molecule has 2 aromatic rings. The fourth-order valence-electron chi connectivity index (χ4n) is 3.66. The first-order valence-corrected chi connectivity index (χ1v) is 11.7. The molecule has 1 aliphatic heterocycles. The van der Waals surface area contributed by atoms with E-state index in [4.69, 9.17) is 9.47 Å². The van der Waals surface area contributed by atoms with E-state index in [9.17, 15) is 18.0 Å². The van der Waals surface area contributed by atoms with Crippen LogP contribution in [0.3, 0.4) is 0 Å². The van der Waals surface area contributed by atoms with E-state index in [1.165, 1.54) is 24.1 Å². The monoisotopic (exact) mass is 455 g/mol. The van der Waals surface area contributed by atoms with Crippen molar-refractivity contribution < 1.29 is 27.5 Å². The molecule has 8 heteroatoms. The average molecular weight is 456 g/mol. The number of piperidine rings is 1. The summed E-state index contributed by atoms with van der Waals surface area (Å²) in [5.41, 5.74) is 0.394. The quantitative estimate of drug-likeness (QED) is 0.492. The molecule has 3 rings (SSSR count). The first-order valence-electron chi connectivity index (χ1n) is 10.2. The number of rotatable bonds is 6. The predicted molar refractivity (Wildman–Crippen MR) is 119 cm³/mol. The van der Waals surface area contributed by atoms with Crippen molar-refractivity contribution in [2.75, 3.05) is 20.3 Å². The molecule has 1 heterocycles. The molecule has 0 saturated carbocycles. The lowest BCUT2D eigenvalue weighted by Crippen LogP contribution is -2.51. The van der Waals surface area contributed by atoms with Crippen LogP contribution in [0, 0.1) is 17.8 Å². The Morgan fingerprint density at radius 3 is 2.41 bits per heavy atom. The lowest BCUT2D eigenvalue weighted by Gasteiger charge is -2.38. The summed E-state index contributed by atoms with van der Waals surface area (Å²) in [6.07, 6.45) is 0.306. The van der Waals surface area contributed by atoms with Crippen molar-refractivity contribution in [2.24, 2.45) is 5.92 Å². The Kier molecular flexibility index (Phi) is 7.54. The predicted octanol–water partition coefficient (Wildman–Crippen LogP) is 2.91. The summed E-state index contributed by atoms with van der Waals surface area (Å²) < 4.78 is 37.4. The number of sulfone groups is 1. The van der Waals surface area contributed by atoms with Crippen LogP contribution in [0.2, 0.25) is 0 Å². The topological polar surface area (TPSA) is 90.0 Å². The molecule has 2 aromatic carbocycles. The summed E-state index contributed by atoms with van der Waals surface area (Å²) in [6, 6.07) is 14.5. The maximum Gasteiger partial charge on any atom is 0.308 e. The summed E-state index contributed by atoms with van der Waals surface area (Å²) >= 11 is 0. The molecule has 2 unspecified atom stereocenters. The largest absolute Gasteiger partial charge is 0.481 e. The summed E-state index contributed by atoms with van der Waals surface area (Å²) in [5, 5.41) is -1.19. The number of hydrogen-bond donors (Lipinski definition) is 0. The van der Waals surface area contributed by atoms with Gasteiger partial charge in [-0.25, -0.2) is 8.42 Å². The van der Waals surface area contributed by atoms with E-state index < -0.39 is 27.1 Å². The third kappa shape index (κ3) is 5.11. The fourth-order valence-corrected chi connectivity index (χ4v) is 5.51. The van der Waals surface area contributed by atoms with Gasteiger partial charge in [0.25, 0.3) is 5.91 Å². The van der Waals surface area contributed by atoms with Crippen LogP contribution >= 0.6 is 0 Å². The molecule has 1 amide bonds. The van der Waals surface area contributed by atoms with Crippen LogP contribution in [0.25, 0.3) is 0 Å². The first-order chi connectivity index (χ1) is 15.4. The standard InChI is InChI=1S/C24H25NO6S/c1-3-4-16-31-20-10-12-21(13-11-20)32(28,29)22-17-19(24(27)30-2)14-15-25(22)23(26)18-8-6-5-7-9-18/h5-13,19,22H,14-17H2,1-2H3. The second kappa shape index (κ2) is 10.3. The van der Waals surface area contributed by atoms with Gasteiger partial charge in [-0.1, -0.05) is 24.1 Å². The molecule has 0 aliphatic carbocycles. The third-order valence-electron chi connectivity index (χ3n) is 5.37. The molecule has 7 nitrogen and oxygen atoms in total. The Bertz CT molecular complexity index is 1120. The molecule has 0 bridgehead atoms. The minimum Gasteiger partial charge on any atom is -0.481 e. The van der Waals surface area contributed by atoms with Gasteiger partial charge in [-0.05, 0) is 56.2 Å². The van der Waals surface area contributed by atoms with Crippen molar-refractivity contribution in [2.45, 2.75) is 30.0 Å². The number of nitrogens with zero attached hydrogens (tertiary/aromatic N) is 1. The number of carbonyl (C=O) groups is 2. The molecular formula is C24H25NO6S. The van der Waals surface area contributed by atoms with Gasteiger partial charge in [-0.2, -0.15) is 0 Å². The lowest BCUT2D eigenvalue weighted by atomic mass is 9.96. The van der Waals surface area contributed by atoms with Gasteiger partial charge < -0.3 is 14.4 Å². The highest BCUT2D eigenvalue weighted by molar-refractivity contribution is 7.92. The second-order valence-corrected chi connectivity index (χ2v) is 9.40. The minimum atomic E-state index is -3.97. The molecular weight excluding hydrogens is 430 g/mol. The minimum absolute atomic E-state index is 0.0298. The highest BCUT2D eigenvalue weighted by Gasteiger charge is 2.43. The van der Waals surface area contributed by atoms with E-state index in [-0.39, 0.29) is 30.4 Å². The Morgan fingerprint density at radius 2 is 1.78 bits per heavy atom. The van der Waals surface area contributed by atoms with Crippen molar-refractivity contribution in [3.63, 3.8) is 0 Å². The van der Waals surface area contributed by atoms with Crippen LogP contribution < -0.4 is 4.74 Å². The number of hydrogen-bond acceptors (Lipinski definition) is 6. The zero-order valence-corrected chi connectivity index (χ0v) is 18.8. The van der Waals surface area contributed by atoms with E-state index in [0.29, 0.717) is 17.7 Å². The van der Waals surface area contributed by atoms with Crippen molar-refractivity contribution in [3.8, 4) is 17.6 Å².